The number of aryl methyl sites for hydroxylation is 1. The lowest BCUT2D eigenvalue weighted by Crippen LogP contribution is -2.25. The summed E-state index contributed by atoms with van der Waals surface area (Å²) >= 11 is 5.57. The predicted octanol–water partition coefficient (Wildman–Crippen LogP) is 4.10. The molecule has 0 spiro atoms. The summed E-state index contributed by atoms with van der Waals surface area (Å²) in [5.41, 5.74) is 5.68. The Morgan fingerprint density at radius 1 is 1.11 bits per heavy atom. The van der Waals surface area contributed by atoms with E-state index in [-0.39, 0.29) is 12.1 Å². The molecule has 0 saturated carbocycles. The molecule has 4 rings (SSSR count). The topological polar surface area (TPSA) is 42.3 Å². The Kier molecular flexibility index (Phi) is 4.81. The average Bonchev–Trinajstić information content (AvgIpc) is 3.17. The van der Waals surface area contributed by atoms with E-state index in [1.54, 1.807) is 7.11 Å². The zero-order valence-corrected chi connectivity index (χ0v) is 17.3. The number of nitrogens with one attached hydrogen (secondary N) is 1. The number of nitrogens with zero attached hydrogens (tertiary/aromatic N) is 3. The quantitative estimate of drug-likeness (QED) is 0.677. The molecule has 5 nitrogen and oxygen atoms in total. The number of hydrogen-bond acceptors (Lipinski definition) is 3. The van der Waals surface area contributed by atoms with Gasteiger partial charge in [-0.25, -0.2) is 0 Å². The van der Waals surface area contributed by atoms with Gasteiger partial charge in [0.2, 0.25) is 0 Å². The summed E-state index contributed by atoms with van der Waals surface area (Å²) in [5, 5.41) is 4.19. The molecule has 6 heteroatoms. The van der Waals surface area contributed by atoms with E-state index in [2.05, 4.69) is 51.8 Å². The van der Waals surface area contributed by atoms with Gasteiger partial charge in [-0.1, -0.05) is 12.1 Å². The number of pyridine rings is 1. The van der Waals surface area contributed by atoms with Crippen molar-refractivity contribution in [2.75, 3.05) is 14.2 Å². The van der Waals surface area contributed by atoms with Crippen molar-refractivity contribution in [2.24, 2.45) is 0 Å². The number of thiocarbonyl (C=S) groups is 1. The summed E-state index contributed by atoms with van der Waals surface area (Å²) in [6, 6.07) is 16.5. The van der Waals surface area contributed by atoms with Crippen molar-refractivity contribution in [1.29, 1.82) is 0 Å². The van der Waals surface area contributed by atoms with Crippen molar-refractivity contribution in [3.05, 3.63) is 77.4 Å². The SMILES string of the molecule is COc1cccc(-n2c(C)cc([C@H]3[C@@H](c4ccccn4)NC(=S)N3C)c2C)c1. The Labute approximate surface area is 171 Å². The van der Waals surface area contributed by atoms with E-state index < -0.39 is 0 Å². The zero-order valence-electron chi connectivity index (χ0n) is 16.5. The molecule has 3 aromatic rings. The lowest BCUT2D eigenvalue weighted by Gasteiger charge is -2.24. The molecule has 0 aliphatic carbocycles. The van der Waals surface area contributed by atoms with Crippen molar-refractivity contribution >= 4 is 17.3 Å². The molecule has 2 aromatic heterocycles. The maximum absolute atomic E-state index is 5.57. The van der Waals surface area contributed by atoms with Gasteiger partial charge in [0.05, 0.1) is 24.9 Å². The number of benzene rings is 1. The molecule has 144 valence electrons. The van der Waals surface area contributed by atoms with Crippen LogP contribution in [0, 0.1) is 13.8 Å². The fourth-order valence-electron chi connectivity index (χ4n) is 4.08. The van der Waals surface area contributed by atoms with Crippen molar-refractivity contribution in [3.63, 3.8) is 0 Å². The van der Waals surface area contributed by atoms with Crippen LogP contribution in [0.15, 0.2) is 54.7 Å². The van der Waals surface area contributed by atoms with Crippen LogP contribution in [-0.4, -0.2) is 33.7 Å². The van der Waals surface area contributed by atoms with Crippen LogP contribution in [0.4, 0.5) is 0 Å². The first-order chi connectivity index (χ1) is 13.5. The first-order valence-corrected chi connectivity index (χ1v) is 9.69. The first-order valence-electron chi connectivity index (χ1n) is 9.28. The third-order valence-electron chi connectivity index (χ3n) is 5.44. The molecular weight excluding hydrogens is 368 g/mol. The molecule has 1 aliphatic rings. The van der Waals surface area contributed by atoms with Gasteiger partial charge >= 0.3 is 0 Å². The molecule has 1 N–H and O–H groups in total. The number of methoxy groups -OCH3 is 1. The van der Waals surface area contributed by atoms with Crippen LogP contribution in [0.2, 0.25) is 0 Å². The highest BCUT2D eigenvalue weighted by atomic mass is 32.1. The molecule has 0 unspecified atom stereocenters. The summed E-state index contributed by atoms with van der Waals surface area (Å²) in [5.74, 6) is 0.846. The van der Waals surface area contributed by atoms with Gasteiger partial charge in [-0.2, -0.15) is 0 Å². The van der Waals surface area contributed by atoms with Gasteiger partial charge in [-0.3, -0.25) is 4.98 Å². The number of ether oxygens (including phenoxy) is 1. The van der Waals surface area contributed by atoms with E-state index in [1.165, 1.54) is 17.0 Å². The average molecular weight is 393 g/mol. The van der Waals surface area contributed by atoms with E-state index in [9.17, 15) is 0 Å². The molecule has 28 heavy (non-hydrogen) atoms. The fraction of sp³-hybridized carbons (Fsp3) is 0.273. The van der Waals surface area contributed by atoms with Crippen LogP contribution in [0.5, 0.6) is 5.75 Å². The van der Waals surface area contributed by atoms with E-state index in [1.807, 2.05) is 43.6 Å². The van der Waals surface area contributed by atoms with E-state index in [4.69, 9.17) is 17.0 Å². The first kappa shape index (κ1) is 18.5. The molecule has 0 radical (unpaired) electrons. The van der Waals surface area contributed by atoms with E-state index >= 15 is 0 Å². The lowest BCUT2D eigenvalue weighted by molar-refractivity contribution is 0.367. The molecule has 1 aromatic carbocycles. The summed E-state index contributed by atoms with van der Waals surface area (Å²) < 4.78 is 7.68. The van der Waals surface area contributed by atoms with Gasteiger partial charge in [0.1, 0.15) is 5.75 Å². The van der Waals surface area contributed by atoms with Crippen molar-refractivity contribution in [1.82, 2.24) is 19.8 Å². The highest BCUT2D eigenvalue weighted by molar-refractivity contribution is 7.80. The highest BCUT2D eigenvalue weighted by Gasteiger charge is 2.39. The molecule has 3 heterocycles. The highest BCUT2D eigenvalue weighted by Crippen LogP contribution is 2.40. The van der Waals surface area contributed by atoms with Crippen molar-refractivity contribution < 1.29 is 4.74 Å². The molecule has 0 bridgehead atoms. The molecule has 1 saturated heterocycles. The second-order valence-corrected chi connectivity index (χ2v) is 7.49. The van der Waals surface area contributed by atoms with Crippen molar-refractivity contribution in [3.8, 4) is 11.4 Å². The number of hydrogen-bond donors (Lipinski definition) is 1. The minimum Gasteiger partial charge on any atom is -0.497 e. The van der Waals surface area contributed by atoms with Crippen LogP contribution in [0.25, 0.3) is 5.69 Å². The summed E-state index contributed by atoms with van der Waals surface area (Å²) in [6.07, 6.45) is 1.83. The van der Waals surface area contributed by atoms with Gasteiger partial charge in [0.15, 0.2) is 5.11 Å². The molecular formula is C22H24N4OS. The third-order valence-corrected chi connectivity index (χ3v) is 5.85. The molecule has 2 atom stereocenters. The Hall–Kier alpha value is -2.86. The van der Waals surface area contributed by atoms with Crippen LogP contribution in [0.1, 0.15) is 34.7 Å². The van der Waals surface area contributed by atoms with E-state index in [0.29, 0.717) is 0 Å². The summed E-state index contributed by atoms with van der Waals surface area (Å²) in [7, 11) is 3.73. The van der Waals surface area contributed by atoms with Gasteiger partial charge < -0.3 is 19.5 Å². The Morgan fingerprint density at radius 3 is 2.64 bits per heavy atom. The van der Waals surface area contributed by atoms with Gasteiger partial charge in [-0.15, -0.1) is 0 Å². The number of likely N-dealkylation sites (N-methyl/N-ethyl adjacent to an activating group) is 1. The smallest absolute Gasteiger partial charge is 0.169 e. The summed E-state index contributed by atoms with van der Waals surface area (Å²) in [4.78, 5) is 6.70. The molecule has 1 fully saturated rings. The van der Waals surface area contributed by atoms with Crippen LogP contribution in [-0.2, 0) is 0 Å². The van der Waals surface area contributed by atoms with Crippen molar-refractivity contribution in [2.45, 2.75) is 25.9 Å². The second kappa shape index (κ2) is 7.28. The van der Waals surface area contributed by atoms with Crippen LogP contribution in [0.3, 0.4) is 0 Å². The fourth-order valence-corrected chi connectivity index (χ4v) is 4.32. The van der Waals surface area contributed by atoms with Gasteiger partial charge in [-0.05, 0) is 62.0 Å². The Balaban J connectivity index is 1.81. The monoisotopic (exact) mass is 392 g/mol. The van der Waals surface area contributed by atoms with Gasteiger partial charge in [0, 0.05) is 36.4 Å². The maximum atomic E-state index is 5.57. The van der Waals surface area contributed by atoms with Crippen LogP contribution >= 0.6 is 12.2 Å². The van der Waals surface area contributed by atoms with E-state index in [0.717, 1.165) is 22.2 Å². The normalized spacial score (nSPS) is 19.0. The maximum Gasteiger partial charge on any atom is 0.169 e. The third kappa shape index (κ3) is 3.03. The Morgan fingerprint density at radius 2 is 1.93 bits per heavy atom. The van der Waals surface area contributed by atoms with Crippen LogP contribution < -0.4 is 10.1 Å². The predicted molar refractivity (Wildman–Crippen MR) is 115 cm³/mol. The lowest BCUT2D eigenvalue weighted by atomic mass is 9.97. The minimum absolute atomic E-state index is 0.0120. The van der Waals surface area contributed by atoms with Gasteiger partial charge in [0.25, 0.3) is 0 Å². The molecule has 1 aliphatic heterocycles. The Bertz CT molecular complexity index is 1010. The molecule has 0 amide bonds. The summed E-state index contributed by atoms with van der Waals surface area (Å²) in [6.45, 7) is 4.29. The zero-order chi connectivity index (χ0) is 19.8. The largest absolute Gasteiger partial charge is 0.497 e. The number of aromatic nitrogens is 2. The second-order valence-electron chi connectivity index (χ2n) is 7.10. The number of rotatable bonds is 4. The standard InChI is InChI=1S/C22H24N4OS/c1-14-12-18(15(2)26(14)16-8-7-9-17(13-16)27-4)21-20(24-22(28)25(21)3)19-10-5-6-11-23-19/h5-13,20-21H,1-4H3,(H,24,28)/t20-,21+/m1/s1. The minimum atomic E-state index is 0.0120.